The smallest absolute Gasteiger partial charge is 0.252 e. The lowest BCUT2D eigenvalue weighted by molar-refractivity contribution is 1.13. The highest BCUT2D eigenvalue weighted by Gasteiger charge is 1.82. The van der Waals surface area contributed by atoms with Crippen molar-refractivity contribution < 1.29 is 0 Å². The Bertz CT molecular complexity index is 269. The second-order valence-corrected chi connectivity index (χ2v) is 3.46. The van der Waals surface area contributed by atoms with E-state index in [1.54, 1.807) is 0 Å². The van der Waals surface area contributed by atoms with Gasteiger partial charge in [0.25, 0.3) is 5.56 Å². The van der Waals surface area contributed by atoms with Crippen LogP contribution < -0.4 is 11.3 Å². The van der Waals surface area contributed by atoms with Crippen molar-refractivity contribution in [2.45, 2.75) is 19.1 Å². The summed E-state index contributed by atoms with van der Waals surface area (Å²) < 4.78 is 0. The normalized spacial score (nSPS) is 9.00. The van der Waals surface area contributed by atoms with E-state index in [0.29, 0.717) is 5.25 Å². The zero-order valence-corrected chi connectivity index (χ0v) is 8.01. The Labute approximate surface area is 76.6 Å². The molecule has 0 saturated carbocycles. The van der Waals surface area contributed by atoms with Crippen LogP contribution in [0.1, 0.15) is 13.8 Å². The quantitative estimate of drug-likeness (QED) is 0.523. The molecule has 0 unspecified atom stereocenters. The summed E-state index contributed by atoms with van der Waals surface area (Å²) in [7, 11) is 0. The molecule has 0 aliphatic heterocycles. The summed E-state index contributed by atoms with van der Waals surface area (Å²) in [4.78, 5) is 16.2. The predicted octanol–water partition coefficient (Wildman–Crippen LogP) is 0.677. The van der Waals surface area contributed by atoms with Gasteiger partial charge < -0.3 is 10.7 Å². The highest BCUT2D eigenvalue weighted by Crippen LogP contribution is 1.83. The summed E-state index contributed by atoms with van der Waals surface area (Å²) in [6.07, 6.45) is 1.26. The largest absolute Gasteiger partial charge is 0.383 e. The van der Waals surface area contributed by atoms with Gasteiger partial charge in [-0.05, 0) is 5.25 Å². The number of H-pyrrole nitrogens is 1. The van der Waals surface area contributed by atoms with Crippen LogP contribution in [0.4, 0.5) is 5.82 Å². The van der Waals surface area contributed by atoms with E-state index in [2.05, 4.69) is 22.6 Å². The first-order chi connectivity index (χ1) is 5.52. The number of aromatic nitrogens is 2. The first-order valence-corrected chi connectivity index (χ1v) is 4.02. The van der Waals surface area contributed by atoms with Crippen molar-refractivity contribution in [2.24, 2.45) is 0 Å². The first-order valence-electron chi connectivity index (χ1n) is 3.50. The fourth-order valence-corrected chi connectivity index (χ4v) is 0.384. The van der Waals surface area contributed by atoms with Crippen LogP contribution in [0.3, 0.4) is 0 Å². The van der Waals surface area contributed by atoms with Gasteiger partial charge in [-0.3, -0.25) is 4.79 Å². The summed E-state index contributed by atoms with van der Waals surface area (Å²) in [5.74, 6) is 0.244. The van der Waals surface area contributed by atoms with Crippen molar-refractivity contribution in [1.29, 1.82) is 0 Å². The maximum Gasteiger partial charge on any atom is 0.252 e. The number of anilines is 1. The van der Waals surface area contributed by atoms with Gasteiger partial charge in [-0.1, -0.05) is 13.8 Å². The minimum Gasteiger partial charge on any atom is -0.383 e. The van der Waals surface area contributed by atoms with Gasteiger partial charge in [-0.15, -0.1) is 0 Å². The Kier molecular flexibility index (Phi) is 5.19. The average molecular weight is 187 g/mol. The molecule has 0 aliphatic carbocycles. The fourth-order valence-electron chi connectivity index (χ4n) is 0.384. The Morgan fingerprint density at radius 3 is 2.42 bits per heavy atom. The van der Waals surface area contributed by atoms with Crippen LogP contribution in [-0.4, -0.2) is 15.2 Å². The molecular weight excluding hydrogens is 174 g/mol. The number of nitrogen functional groups attached to an aromatic ring is 1. The van der Waals surface area contributed by atoms with Crippen molar-refractivity contribution in [3.63, 3.8) is 0 Å². The van der Waals surface area contributed by atoms with Gasteiger partial charge in [0.05, 0.1) is 6.33 Å². The van der Waals surface area contributed by atoms with Crippen molar-refractivity contribution in [3.8, 4) is 0 Å². The number of nitrogens with zero attached hydrogens (tertiary/aromatic N) is 1. The molecule has 68 valence electrons. The SMILES string of the molecule is CC(C)S.Nc1cc(=O)[nH]cn1. The van der Waals surface area contributed by atoms with Gasteiger partial charge in [-0.2, -0.15) is 12.6 Å². The van der Waals surface area contributed by atoms with Crippen LogP contribution in [0.15, 0.2) is 17.2 Å². The van der Waals surface area contributed by atoms with Gasteiger partial charge in [-0.25, -0.2) is 4.98 Å². The fraction of sp³-hybridized carbons (Fsp3) is 0.429. The number of rotatable bonds is 0. The molecule has 1 heterocycles. The molecule has 0 amide bonds. The van der Waals surface area contributed by atoms with Crippen LogP contribution in [0, 0.1) is 0 Å². The first kappa shape index (κ1) is 11.0. The van der Waals surface area contributed by atoms with Crippen LogP contribution in [0.5, 0.6) is 0 Å². The van der Waals surface area contributed by atoms with Gasteiger partial charge >= 0.3 is 0 Å². The zero-order chi connectivity index (χ0) is 9.56. The standard InChI is InChI=1S/C4H5N3O.C3H8S/c5-3-1-4(8)7-2-6-3;1-3(2)4/h1-2H,(H3,5,6,7,8);3-4H,1-2H3. The van der Waals surface area contributed by atoms with E-state index in [9.17, 15) is 4.79 Å². The van der Waals surface area contributed by atoms with Gasteiger partial charge in [0.1, 0.15) is 5.82 Å². The van der Waals surface area contributed by atoms with Gasteiger partial charge in [0.15, 0.2) is 0 Å². The third-order valence-corrected chi connectivity index (χ3v) is 0.699. The number of nitrogens with one attached hydrogen (secondary N) is 1. The molecule has 1 rings (SSSR count). The summed E-state index contributed by atoms with van der Waals surface area (Å²) in [5, 5.41) is 0.528. The molecule has 1 aromatic heterocycles. The Hall–Kier alpha value is -0.970. The molecule has 0 bridgehead atoms. The van der Waals surface area contributed by atoms with E-state index < -0.39 is 0 Å². The molecule has 4 nitrogen and oxygen atoms in total. The second kappa shape index (κ2) is 5.65. The van der Waals surface area contributed by atoms with Gasteiger partial charge in [0, 0.05) is 6.07 Å². The third-order valence-electron chi connectivity index (χ3n) is 0.699. The van der Waals surface area contributed by atoms with E-state index in [-0.39, 0.29) is 11.4 Å². The number of aromatic amines is 1. The summed E-state index contributed by atoms with van der Waals surface area (Å²) in [6, 6.07) is 1.22. The van der Waals surface area contributed by atoms with Crippen molar-refractivity contribution in [3.05, 3.63) is 22.7 Å². The molecule has 3 N–H and O–H groups in total. The highest BCUT2D eigenvalue weighted by atomic mass is 32.1. The van der Waals surface area contributed by atoms with Crippen LogP contribution in [-0.2, 0) is 0 Å². The molecule has 12 heavy (non-hydrogen) atoms. The molecule has 0 aromatic carbocycles. The highest BCUT2D eigenvalue weighted by molar-refractivity contribution is 7.80. The molecule has 0 fully saturated rings. The van der Waals surface area contributed by atoms with Crippen molar-refractivity contribution >= 4 is 18.4 Å². The predicted molar refractivity (Wildman–Crippen MR) is 53.4 cm³/mol. The molecule has 0 radical (unpaired) electrons. The topological polar surface area (TPSA) is 71.8 Å². The Morgan fingerprint density at radius 2 is 2.17 bits per heavy atom. The van der Waals surface area contributed by atoms with E-state index in [1.807, 2.05) is 13.8 Å². The lowest BCUT2D eigenvalue weighted by Gasteiger charge is -1.83. The number of thiol groups is 1. The number of hydrogen-bond acceptors (Lipinski definition) is 4. The Balaban J connectivity index is 0.000000261. The number of hydrogen-bond donors (Lipinski definition) is 3. The minimum absolute atomic E-state index is 0.225. The molecule has 5 heteroatoms. The molecular formula is C7H13N3OS. The summed E-state index contributed by atoms with van der Waals surface area (Å²) in [5.41, 5.74) is 4.90. The van der Waals surface area contributed by atoms with Crippen molar-refractivity contribution in [2.75, 3.05) is 5.73 Å². The summed E-state index contributed by atoms with van der Waals surface area (Å²) >= 11 is 3.97. The van der Waals surface area contributed by atoms with Crippen molar-refractivity contribution in [1.82, 2.24) is 9.97 Å². The van der Waals surface area contributed by atoms with Crippen LogP contribution >= 0.6 is 12.6 Å². The van der Waals surface area contributed by atoms with E-state index in [4.69, 9.17) is 5.73 Å². The number of nitrogens with two attached hydrogens (primary N) is 1. The zero-order valence-electron chi connectivity index (χ0n) is 7.11. The minimum atomic E-state index is -0.225. The Morgan fingerprint density at radius 1 is 1.67 bits per heavy atom. The van der Waals surface area contributed by atoms with E-state index in [1.165, 1.54) is 12.4 Å². The molecule has 0 atom stereocenters. The van der Waals surface area contributed by atoms with E-state index >= 15 is 0 Å². The summed E-state index contributed by atoms with van der Waals surface area (Å²) in [6.45, 7) is 4.06. The maximum atomic E-state index is 10.3. The van der Waals surface area contributed by atoms with Gasteiger partial charge in [0.2, 0.25) is 0 Å². The van der Waals surface area contributed by atoms with Crippen LogP contribution in [0.25, 0.3) is 0 Å². The molecule has 0 saturated heterocycles. The second-order valence-electron chi connectivity index (χ2n) is 2.43. The lowest BCUT2D eigenvalue weighted by Crippen LogP contribution is -2.05. The maximum absolute atomic E-state index is 10.3. The van der Waals surface area contributed by atoms with E-state index in [0.717, 1.165) is 0 Å². The third kappa shape index (κ3) is 7.14. The monoisotopic (exact) mass is 187 g/mol. The average Bonchev–Trinajstić information content (AvgIpc) is 1.84. The molecule has 0 aliphatic rings. The van der Waals surface area contributed by atoms with Crippen LogP contribution in [0.2, 0.25) is 0 Å². The lowest BCUT2D eigenvalue weighted by atomic mass is 10.6. The molecule has 1 aromatic rings. The molecule has 0 spiro atoms.